The third kappa shape index (κ3) is 2.82. The standard InChI is InChI=1S/C13H18ClN3OS/c1-8-5-6-15-13-11(8)16-12(10(3)14)17(13)9(2)7-19(4)18/h5-6,9-10H,7H2,1-4H3. The van der Waals surface area contributed by atoms with E-state index in [0.29, 0.717) is 5.75 Å². The molecule has 0 N–H and O–H groups in total. The summed E-state index contributed by atoms with van der Waals surface area (Å²) in [7, 11) is -0.870. The van der Waals surface area contributed by atoms with Crippen LogP contribution in [0, 0.1) is 6.92 Å². The molecule has 0 fully saturated rings. The van der Waals surface area contributed by atoms with Crippen LogP contribution in [0.3, 0.4) is 0 Å². The summed E-state index contributed by atoms with van der Waals surface area (Å²) in [5, 5.41) is -0.207. The summed E-state index contributed by atoms with van der Waals surface area (Å²) >= 11 is 6.23. The predicted molar refractivity (Wildman–Crippen MR) is 80.2 cm³/mol. The van der Waals surface area contributed by atoms with E-state index in [1.807, 2.05) is 31.4 Å². The van der Waals surface area contributed by atoms with E-state index in [2.05, 4.69) is 9.97 Å². The Morgan fingerprint density at radius 2 is 2.16 bits per heavy atom. The zero-order valence-corrected chi connectivity index (χ0v) is 13.1. The van der Waals surface area contributed by atoms with Crippen molar-refractivity contribution in [3.63, 3.8) is 0 Å². The van der Waals surface area contributed by atoms with E-state index in [1.54, 1.807) is 12.5 Å². The van der Waals surface area contributed by atoms with E-state index in [0.717, 1.165) is 22.6 Å². The van der Waals surface area contributed by atoms with Crippen molar-refractivity contribution in [2.75, 3.05) is 12.0 Å². The molecule has 0 amide bonds. The number of alkyl halides is 1. The topological polar surface area (TPSA) is 47.8 Å². The highest BCUT2D eigenvalue weighted by atomic mass is 35.5. The largest absolute Gasteiger partial charge is 0.308 e. The molecule has 2 rings (SSSR count). The second kappa shape index (κ2) is 5.59. The lowest BCUT2D eigenvalue weighted by molar-refractivity contribution is 0.579. The molecule has 0 aromatic carbocycles. The fourth-order valence-corrected chi connectivity index (χ4v) is 3.24. The average molecular weight is 300 g/mol. The van der Waals surface area contributed by atoms with E-state index >= 15 is 0 Å². The quantitative estimate of drug-likeness (QED) is 0.816. The summed E-state index contributed by atoms with van der Waals surface area (Å²) in [4.78, 5) is 9.03. The Bertz CT molecular complexity index is 624. The van der Waals surface area contributed by atoms with Crippen LogP contribution in [0.25, 0.3) is 11.2 Å². The van der Waals surface area contributed by atoms with Gasteiger partial charge in [-0.3, -0.25) is 4.21 Å². The third-order valence-electron chi connectivity index (χ3n) is 3.08. The van der Waals surface area contributed by atoms with Gasteiger partial charge in [0, 0.05) is 35.0 Å². The van der Waals surface area contributed by atoms with Crippen molar-refractivity contribution in [3.8, 4) is 0 Å². The van der Waals surface area contributed by atoms with Crippen LogP contribution in [0.15, 0.2) is 12.3 Å². The lowest BCUT2D eigenvalue weighted by atomic mass is 10.2. The maximum absolute atomic E-state index is 11.5. The summed E-state index contributed by atoms with van der Waals surface area (Å²) < 4.78 is 13.5. The normalized spacial score (nSPS) is 16.5. The van der Waals surface area contributed by atoms with Gasteiger partial charge in [-0.05, 0) is 32.4 Å². The van der Waals surface area contributed by atoms with Gasteiger partial charge in [0.05, 0.1) is 5.38 Å². The fourth-order valence-electron chi connectivity index (χ4n) is 2.26. The van der Waals surface area contributed by atoms with Gasteiger partial charge in [-0.15, -0.1) is 11.6 Å². The fraction of sp³-hybridized carbons (Fsp3) is 0.538. The van der Waals surface area contributed by atoms with E-state index in [9.17, 15) is 4.21 Å². The minimum absolute atomic E-state index is 0.0568. The molecule has 0 aliphatic heterocycles. The molecule has 0 radical (unpaired) electrons. The van der Waals surface area contributed by atoms with Crippen LogP contribution >= 0.6 is 11.6 Å². The number of nitrogens with zero attached hydrogens (tertiary/aromatic N) is 3. The lowest BCUT2D eigenvalue weighted by Gasteiger charge is -2.16. The summed E-state index contributed by atoms with van der Waals surface area (Å²) in [5.74, 6) is 1.36. The minimum atomic E-state index is -0.870. The van der Waals surface area contributed by atoms with Crippen molar-refractivity contribution in [3.05, 3.63) is 23.7 Å². The maximum atomic E-state index is 11.5. The van der Waals surface area contributed by atoms with Gasteiger partial charge in [-0.1, -0.05) is 0 Å². The second-order valence-corrected chi connectivity index (χ2v) is 6.98. The van der Waals surface area contributed by atoms with E-state index < -0.39 is 10.8 Å². The highest BCUT2D eigenvalue weighted by Gasteiger charge is 2.21. The molecule has 104 valence electrons. The summed E-state index contributed by atoms with van der Waals surface area (Å²) in [5.41, 5.74) is 2.77. The molecule has 19 heavy (non-hydrogen) atoms. The first-order valence-electron chi connectivity index (χ1n) is 6.19. The Morgan fingerprint density at radius 3 is 2.74 bits per heavy atom. The van der Waals surface area contributed by atoms with E-state index in [4.69, 9.17) is 11.6 Å². The number of aromatic nitrogens is 3. The molecular weight excluding hydrogens is 282 g/mol. The predicted octanol–water partition coefficient (Wildman–Crippen LogP) is 2.98. The van der Waals surface area contributed by atoms with Crippen LogP contribution in [-0.2, 0) is 10.8 Å². The van der Waals surface area contributed by atoms with Gasteiger partial charge < -0.3 is 4.57 Å². The van der Waals surface area contributed by atoms with Crippen LogP contribution in [-0.4, -0.2) is 30.8 Å². The van der Waals surface area contributed by atoms with Crippen molar-refractivity contribution in [2.45, 2.75) is 32.2 Å². The Kier molecular flexibility index (Phi) is 4.26. The van der Waals surface area contributed by atoms with Crippen molar-refractivity contribution < 1.29 is 4.21 Å². The van der Waals surface area contributed by atoms with E-state index in [-0.39, 0.29) is 11.4 Å². The van der Waals surface area contributed by atoms with Gasteiger partial charge >= 0.3 is 0 Å². The Morgan fingerprint density at radius 1 is 1.47 bits per heavy atom. The molecule has 0 bridgehead atoms. The monoisotopic (exact) mass is 299 g/mol. The van der Waals surface area contributed by atoms with Gasteiger partial charge in [-0.2, -0.15) is 0 Å². The van der Waals surface area contributed by atoms with Gasteiger partial charge in [0.25, 0.3) is 0 Å². The number of pyridine rings is 1. The highest BCUT2D eigenvalue weighted by molar-refractivity contribution is 7.84. The number of hydrogen-bond acceptors (Lipinski definition) is 3. The van der Waals surface area contributed by atoms with Crippen molar-refractivity contribution in [1.29, 1.82) is 0 Å². The SMILES string of the molecule is Cc1ccnc2c1nc(C(C)Cl)n2C(C)CS(C)=O. The molecule has 3 atom stereocenters. The number of imidazole rings is 1. The minimum Gasteiger partial charge on any atom is -0.308 e. The molecule has 0 aliphatic rings. The second-order valence-electron chi connectivity index (χ2n) is 4.84. The van der Waals surface area contributed by atoms with Crippen LogP contribution < -0.4 is 0 Å². The first kappa shape index (κ1) is 14.5. The summed E-state index contributed by atoms with van der Waals surface area (Å²) in [6.07, 6.45) is 3.48. The molecule has 0 aliphatic carbocycles. The summed E-state index contributed by atoms with van der Waals surface area (Å²) in [6.45, 7) is 5.92. The van der Waals surface area contributed by atoms with E-state index in [1.165, 1.54) is 0 Å². The Labute approximate surface area is 120 Å². The zero-order valence-electron chi connectivity index (χ0n) is 11.6. The molecule has 6 heteroatoms. The molecule has 0 spiro atoms. The van der Waals surface area contributed by atoms with Crippen LogP contribution in [0.4, 0.5) is 0 Å². The number of halogens is 1. The molecule has 0 saturated carbocycles. The molecule has 2 aromatic rings. The molecule has 3 unspecified atom stereocenters. The smallest absolute Gasteiger partial charge is 0.160 e. The third-order valence-corrected chi connectivity index (χ3v) is 4.23. The molecule has 2 aromatic heterocycles. The molecule has 4 nitrogen and oxygen atoms in total. The first-order valence-corrected chi connectivity index (χ1v) is 8.35. The lowest BCUT2D eigenvalue weighted by Crippen LogP contribution is -2.16. The average Bonchev–Trinajstić information content (AvgIpc) is 2.69. The van der Waals surface area contributed by atoms with Crippen LogP contribution in [0.5, 0.6) is 0 Å². The molecule has 2 heterocycles. The maximum Gasteiger partial charge on any atom is 0.160 e. The van der Waals surface area contributed by atoms with Crippen LogP contribution in [0.2, 0.25) is 0 Å². The zero-order chi connectivity index (χ0) is 14.2. The summed E-state index contributed by atoms with van der Waals surface area (Å²) in [6, 6.07) is 1.99. The van der Waals surface area contributed by atoms with Crippen molar-refractivity contribution >= 4 is 33.6 Å². The number of aryl methyl sites for hydroxylation is 1. The Hall–Kier alpha value is -0.940. The van der Waals surface area contributed by atoms with Crippen molar-refractivity contribution in [2.24, 2.45) is 0 Å². The van der Waals surface area contributed by atoms with Gasteiger partial charge in [0.1, 0.15) is 11.3 Å². The van der Waals surface area contributed by atoms with Gasteiger partial charge in [-0.25, -0.2) is 9.97 Å². The highest BCUT2D eigenvalue weighted by Crippen LogP contribution is 2.28. The number of rotatable bonds is 4. The van der Waals surface area contributed by atoms with Crippen LogP contribution in [0.1, 0.15) is 36.7 Å². The van der Waals surface area contributed by atoms with Gasteiger partial charge in [0.2, 0.25) is 0 Å². The van der Waals surface area contributed by atoms with Crippen molar-refractivity contribution in [1.82, 2.24) is 14.5 Å². The Balaban J connectivity index is 2.65. The number of hydrogen-bond donors (Lipinski definition) is 0. The van der Waals surface area contributed by atoms with Gasteiger partial charge in [0.15, 0.2) is 5.65 Å². The number of fused-ring (bicyclic) bond motifs is 1. The molecular formula is C13H18ClN3OS. The first-order chi connectivity index (χ1) is 8.91. The molecule has 0 saturated heterocycles.